The molecule has 20 heavy (non-hydrogen) atoms. The largest absolute Gasteiger partial charge is 0.489 e. The van der Waals surface area contributed by atoms with Gasteiger partial charge in [-0.25, -0.2) is 13.6 Å². The third-order valence-corrected chi connectivity index (χ3v) is 4.87. The number of halogens is 1. The third-order valence-electron chi connectivity index (χ3n) is 3.66. The van der Waals surface area contributed by atoms with Crippen molar-refractivity contribution in [3.63, 3.8) is 0 Å². The second kappa shape index (κ2) is 5.92. The topological polar surface area (TPSA) is 69.4 Å². The van der Waals surface area contributed by atoms with Crippen molar-refractivity contribution in [2.45, 2.75) is 44.1 Å². The van der Waals surface area contributed by atoms with Crippen LogP contribution in [0.1, 0.15) is 33.1 Å². The van der Waals surface area contributed by atoms with E-state index in [1.807, 2.05) is 0 Å². The smallest absolute Gasteiger partial charge is 0.238 e. The number of sulfonamides is 1. The highest BCUT2D eigenvalue weighted by molar-refractivity contribution is 7.89. The van der Waals surface area contributed by atoms with Crippen molar-refractivity contribution in [3.8, 4) is 5.75 Å². The van der Waals surface area contributed by atoms with Crippen LogP contribution in [0.4, 0.5) is 0 Å². The fourth-order valence-electron chi connectivity index (χ4n) is 2.90. The first kappa shape index (κ1) is 15.6. The summed E-state index contributed by atoms with van der Waals surface area (Å²) < 4.78 is 28.4. The number of rotatable bonds is 3. The summed E-state index contributed by atoms with van der Waals surface area (Å²) in [5.41, 5.74) is 0. The summed E-state index contributed by atoms with van der Waals surface area (Å²) >= 11 is 6.08. The molecule has 4 nitrogen and oxygen atoms in total. The predicted molar refractivity (Wildman–Crippen MR) is 79.4 cm³/mol. The Bertz CT molecular complexity index is 578. The molecule has 0 spiro atoms. The van der Waals surface area contributed by atoms with Crippen molar-refractivity contribution >= 4 is 21.6 Å². The number of primary sulfonamides is 1. The van der Waals surface area contributed by atoms with Crippen LogP contribution in [-0.4, -0.2) is 14.5 Å². The first-order valence-corrected chi connectivity index (χ1v) is 8.67. The van der Waals surface area contributed by atoms with Gasteiger partial charge < -0.3 is 4.74 Å². The predicted octanol–water partition coefficient (Wildman–Crippen LogP) is 3.19. The van der Waals surface area contributed by atoms with Crippen LogP contribution in [0.5, 0.6) is 5.75 Å². The van der Waals surface area contributed by atoms with Gasteiger partial charge in [-0.3, -0.25) is 0 Å². The minimum Gasteiger partial charge on any atom is -0.489 e. The van der Waals surface area contributed by atoms with E-state index in [1.54, 1.807) is 6.07 Å². The minimum atomic E-state index is -3.73. The molecule has 0 bridgehead atoms. The van der Waals surface area contributed by atoms with Crippen LogP contribution in [0.25, 0.3) is 0 Å². The van der Waals surface area contributed by atoms with Gasteiger partial charge in [-0.2, -0.15) is 0 Å². The van der Waals surface area contributed by atoms with Crippen molar-refractivity contribution in [2.75, 3.05) is 0 Å². The lowest BCUT2D eigenvalue weighted by molar-refractivity contribution is 0.101. The van der Waals surface area contributed by atoms with E-state index in [0.717, 1.165) is 12.8 Å². The summed E-state index contributed by atoms with van der Waals surface area (Å²) in [6.45, 7) is 4.44. The Balaban J connectivity index is 2.14. The number of ether oxygens (including phenoxy) is 1. The zero-order chi connectivity index (χ0) is 14.9. The van der Waals surface area contributed by atoms with Crippen molar-refractivity contribution in [1.82, 2.24) is 0 Å². The maximum absolute atomic E-state index is 11.3. The first-order chi connectivity index (χ1) is 9.25. The van der Waals surface area contributed by atoms with Crippen LogP contribution in [0.2, 0.25) is 5.02 Å². The molecule has 2 N–H and O–H groups in total. The van der Waals surface area contributed by atoms with Gasteiger partial charge in [0.25, 0.3) is 0 Å². The normalized spacial score (nSPS) is 27.3. The molecular formula is C14H20ClNO3S. The van der Waals surface area contributed by atoms with Gasteiger partial charge in [-0.15, -0.1) is 0 Å². The zero-order valence-electron chi connectivity index (χ0n) is 11.7. The Hall–Kier alpha value is -0.780. The lowest BCUT2D eigenvalue weighted by Gasteiger charge is -2.31. The molecule has 6 heteroatoms. The maximum Gasteiger partial charge on any atom is 0.238 e. The van der Waals surface area contributed by atoms with Gasteiger partial charge in [0.1, 0.15) is 5.75 Å². The molecule has 0 heterocycles. The average Bonchev–Trinajstić information content (AvgIpc) is 2.29. The summed E-state index contributed by atoms with van der Waals surface area (Å²) in [6, 6.07) is 4.33. The minimum absolute atomic E-state index is 0.000213. The molecule has 112 valence electrons. The van der Waals surface area contributed by atoms with Gasteiger partial charge in [0.15, 0.2) is 0 Å². The third kappa shape index (κ3) is 3.87. The van der Waals surface area contributed by atoms with Crippen LogP contribution in [0.3, 0.4) is 0 Å². The first-order valence-electron chi connectivity index (χ1n) is 6.74. The van der Waals surface area contributed by atoms with Crippen LogP contribution < -0.4 is 9.88 Å². The summed E-state index contributed by atoms with van der Waals surface area (Å²) in [6.07, 6.45) is 3.35. The van der Waals surface area contributed by atoms with Crippen molar-refractivity contribution in [1.29, 1.82) is 0 Å². The Morgan fingerprint density at radius 2 is 1.80 bits per heavy atom. The van der Waals surface area contributed by atoms with Gasteiger partial charge in [0, 0.05) is 0 Å². The monoisotopic (exact) mass is 317 g/mol. The molecule has 1 saturated carbocycles. The van der Waals surface area contributed by atoms with E-state index in [9.17, 15) is 8.42 Å². The maximum atomic E-state index is 11.3. The SMILES string of the molecule is CC1CC(C)CC(Oc2ccc(S(N)(=O)=O)cc2Cl)C1. The molecular weight excluding hydrogens is 298 g/mol. The lowest BCUT2D eigenvalue weighted by Crippen LogP contribution is -2.28. The molecule has 1 fully saturated rings. The van der Waals surface area contributed by atoms with Crippen LogP contribution in [0.15, 0.2) is 23.1 Å². The molecule has 0 amide bonds. The molecule has 0 aliphatic heterocycles. The van der Waals surface area contributed by atoms with Gasteiger partial charge in [-0.05, 0) is 49.3 Å². The summed E-state index contributed by atoms with van der Waals surface area (Å²) in [7, 11) is -3.73. The molecule has 1 aromatic carbocycles. The Kier molecular flexibility index (Phi) is 4.62. The number of nitrogens with two attached hydrogens (primary N) is 1. The molecule has 2 atom stereocenters. The Labute approximate surface area is 125 Å². The standard InChI is InChI=1S/C14H20ClNO3S/c1-9-5-10(2)7-11(6-9)19-14-4-3-12(8-13(14)15)20(16,17)18/h3-4,8-11H,5-7H2,1-2H3,(H2,16,17,18). The van der Waals surface area contributed by atoms with E-state index >= 15 is 0 Å². The fourth-order valence-corrected chi connectivity index (χ4v) is 3.73. The van der Waals surface area contributed by atoms with Crippen molar-refractivity contribution in [2.24, 2.45) is 17.0 Å². The van der Waals surface area contributed by atoms with Crippen LogP contribution in [-0.2, 0) is 10.0 Å². The average molecular weight is 318 g/mol. The van der Waals surface area contributed by atoms with Gasteiger partial charge in [-0.1, -0.05) is 25.4 Å². The fraction of sp³-hybridized carbons (Fsp3) is 0.571. The van der Waals surface area contributed by atoms with E-state index in [1.165, 1.54) is 18.6 Å². The van der Waals surface area contributed by atoms with Gasteiger partial charge in [0.05, 0.1) is 16.0 Å². The van der Waals surface area contributed by atoms with E-state index in [2.05, 4.69) is 13.8 Å². The van der Waals surface area contributed by atoms with Gasteiger partial charge >= 0.3 is 0 Å². The molecule has 0 aromatic heterocycles. The second-order valence-corrected chi connectivity index (χ2v) is 7.76. The van der Waals surface area contributed by atoms with E-state index < -0.39 is 10.0 Å². The molecule has 1 aliphatic carbocycles. The molecule has 1 aliphatic rings. The Morgan fingerprint density at radius 3 is 2.30 bits per heavy atom. The van der Waals surface area contributed by atoms with Crippen molar-refractivity contribution < 1.29 is 13.2 Å². The summed E-state index contributed by atoms with van der Waals surface area (Å²) in [5.74, 6) is 1.78. The molecule has 2 rings (SSSR count). The highest BCUT2D eigenvalue weighted by Gasteiger charge is 2.26. The molecule has 1 aromatic rings. The van der Waals surface area contributed by atoms with Gasteiger partial charge in [0.2, 0.25) is 10.0 Å². The quantitative estimate of drug-likeness (QED) is 0.930. The van der Waals surface area contributed by atoms with Crippen LogP contribution in [0, 0.1) is 11.8 Å². The molecule has 0 saturated heterocycles. The molecule has 2 unspecified atom stereocenters. The number of hydrogen-bond acceptors (Lipinski definition) is 3. The summed E-state index contributed by atoms with van der Waals surface area (Å²) in [4.78, 5) is 0.000213. The van der Waals surface area contributed by atoms with Crippen LogP contribution >= 0.6 is 11.6 Å². The van der Waals surface area contributed by atoms with E-state index in [-0.39, 0.29) is 16.0 Å². The van der Waals surface area contributed by atoms with E-state index in [4.69, 9.17) is 21.5 Å². The Morgan fingerprint density at radius 1 is 1.20 bits per heavy atom. The second-order valence-electron chi connectivity index (χ2n) is 5.79. The highest BCUT2D eigenvalue weighted by atomic mass is 35.5. The molecule has 0 radical (unpaired) electrons. The zero-order valence-corrected chi connectivity index (χ0v) is 13.2. The number of hydrogen-bond donors (Lipinski definition) is 1. The van der Waals surface area contributed by atoms with Crippen molar-refractivity contribution in [3.05, 3.63) is 23.2 Å². The summed E-state index contributed by atoms with van der Waals surface area (Å²) in [5, 5.41) is 5.35. The number of benzene rings is 1. The lowest BCUT2D eigenvalue weighted by atomic mass is 9.82. The highest BCUT2D eigenvalue weighted by Crippen LogP contribution is 2.34. The van der Waals surface area contributed by atoms with E-state index in [0.29, 0.717) is 17.6 Å².